The summed E-state index contributed by atoms with van der Waals surface area (Å²) in [5, 5.41) is 0. The minimum Gasteiger partial charge on any atom is -0.468 e. The molecule has 2 rings (SSSR count). The van der Waals surface area contributed by atoms with E-state index in [1.807, 2.05) is 0 Å². The lowest BCUT2D eigenvalue weighted by atomic mass is 9.75. The zero-order chi connectivity index (χ0) is 15.6. The van der Waals surface area contributed by atoms with E-state index in [2.05, 4.69) is 31.2 Å². The largest absolute Gasteiger partial charge is 0.468 e. The Morgan fingerprint density at radius 3 is 2.45 bits per heavy atom. The van der Waals surface area contributed by atoms with Gasteiger partial charge in [-0.05, 0) is 42.4 Å². The standard InChI is InChI=1S/C20H32O2/c1-3-4-8-19(18-9-6-5-7-10-18)15-17-11-13-20(14-12-17)22-16-21-2/h11-14,18-19H,3-10,15-16H2,1-2H3. The summed E-state index contributed by atoms with van der Waals surface area (Å²) < 4.78 is 10.4. The predicted octanol–water partition coefficient (Wildman–Crippen LogP) is 5.60. The molecule has 0 bridgehead atoms. The van der Waals surface area contributed by atoms with E-state index in [1.54, 1.807) is 7.11 Å². The van der Waals surface area contributed by atoms with Crippen molar-refractivity contribution in [2.75, 3.05) is 13.9 Å². The van der Waals surface area contributed by atoms with Crippen LogP contribution in [0, 0.1) is 11.8 Å². The molecule has 0 amide bonds. The highest BCUT2D eigenvalue weighted by molar-refractivity contribution is 5.27. The minimum absolute atomic E-state index is 0.320. The van der Waals surface area contributed by atoms with Gasteiger partial charge in [0, 0.05) is 7.11 Å². The van der Waals surface area contributed by atoms with Crippen LogP contribution in [0.25, 0.3) is 0 Å². The summed E-state index contributed by atoms with van der Waals surface area (Å²) in [7, 11) is 1.65. The number of hydrogen-bond acceptors (Lipinski definition) is 2. The molecule has 22 heavy (non-hydrogen) atoms. The van der Waals surface area contributed by atoms with E-state index in [9.17, 15) is 0 Å². The second-order valence-electron chi connectivity index (χ2n) is 6.70. The number of unbranched alkanes of at least 4 members (excludes halogenated alkanes) is 1. The van der Waals surface area contributed by atoms with Crippen molar-refractivity contribution in [2.45, 2.75) is 64.7 Å². The number of benzene rings is 1. The van der Waals surface area contributed by atoms with E-state index in [4.69, 9.17) is 9.47 Å². The van der Waals surface area contributed by atoms with E-state index in [0.29, 0.717) is 6.79 Å². The predicted molar refractivity (Wildman–Crippen MR) is 92.2 cm³/mol. The maximum Gasteiger partial charge on any atom is 0.188 e. The van der Waals surface area contributed by atoms with Crippen LogP contribution >= 0.6 is 0 Å². The first-order valence-corrected chi connectivity index (χ1v) is 9.04. The third-order valence-corrected chi connectivity index (χ3v) is 5.01. The zero-order valence-corrected chi connectivity index (χ0v) is 14.4. The van der Waals surface area contributed by atoms with E-state index in [-0.39, 0.29) is 0 Å². The molecule has 0 saturated heterocycles. The van der Waals surface area contributed by atoms with E-state index in [1.165, 1.54) is 63.4 Å². The van der Waals surface area contributed by atoms with Crippen LogP contribution in [0.4, 0.5) is 0 Å². The van der Waals surface area contributed by atoms with Crippen molar-refractivity contribution in [2.24, 2.45) is 11.8 Å². The Labute approximate surface area is 136 Å². The lowest BCUT2D eigenvalue weighted by Gasteiger charge is -2.30. The lowest BCUT2D eigenvalue weighted by Crippen LogP contribution is -2.20. The first-order valence-electron chi connectivity index (χ1n) is 9.04. The fourth-order valence-electron chi connectivity index (χ4n) is 3.73. The fraction of sp³-hybridized carbons (Fsp3) is 0.700. The van der Waals surface area contributed by atoms with Crippen LogP contribution in [0.2, 0.25) is 0 Å². The van der Waals surface area contributed by atoms with Crippen LogP contribution in [0.5, 0.6) is 5.75 Å². The molecule has 2 heteroatoms. The highest BCUT2D eigenvalue weighted by Crippen LogP contribution is 2.35. The van der Waals surface area contributed by atoms with Crippen molar-refractivity contribution in [3.05, 3.63) is 29.8 Å². The number of rotatable bonds is 9. The van der Waals surface area contributed by atoms with E-state index >= 15 is 0 Å². The molecule has 1 fully saturated rings. The molecule has 124 valence electrons. The lowest BCUT2D eigenvalue weighted by molar-refractivity contribution is 0.0511. The third-order valence-electron chi connectivity index (χ3n) is 5.01. The summed E-state index contributed by atoms with van der Waals surface area (Å²) in [6.45, 7) is 2.63. The van der Waals surface area contributed by atoms with Crippen LogP contribution in [-0.2, 0) is 11.2 Å². The second kappa shape index (κ2) is 9.89. The Kier molecular flexibility index (Phi) is 7.79. The molecule has 1 aliphatic rings. The molecule has 1 aromatic carbocycles. The molecule has 0 heterocycles. The van der Waals surface area contributed by atoms with Gasteiger partial charge >= 0.3 is 0 Å². The van der Waals surface area contributed by atoms with Crippen LogP contribution < -0.4 is 4.74 Å². The van der Waals surface area contributed by atoms with Crippen LogP contribution in [-0.4, -0.2) is 13.9 Å². The Morgan fingerprint density at radius 1 is 1.09 bits per heavy atom. The van der Waals surface area contributed by atoms with Gasteiger partial charge in [0.1, 0.15) is 5.75 Å². The molecular formula is C20H32O2. The zero-order valence-electron chi connectivity index (χ0n) is 14.4. The highest BCUT2D eigenvalue weighted by atomic mass is 16.7. The van der Waals surface area contributed by atoms with Crippen molar-refractivity contribution in [1.29, 1.82) is 0 Å². The van der Waals surface area contributed by atoms with Gasteiger partial charge in [0.25, 0.3) is 0 Å². The Balaban J connectivity index is 1.93. The first-order chi connectivity index (χ1) is 10.8. The normalized spacial score (nSPS) is 17.4. The van der Waals surface area contributed by atoms with Gasteiger partial charge in [-0.1, -0.05) is 64.0 Å². The SMILES string of the molecule is CCCCC(Cc1ccc(OCOC)cc1)C1CCCCC1. The summed E-state index contributed by atoms with van der Waals surface area (Å²) in [5.41, 5.74) is 1.46. The van der Waals surface area contributed by atoms with Crippen molar-refractivity contribution >= 4 is 0 Å². The van der Waals surface area contributed by atoms with Crippen LogP contribution in [0.1, 0.15) is 63.9 Å². The highest BCUT2D eigenvalue weighted by Gasteiger charge is 2.23. The van der Waals surface area contributed by atoms with Crippen molar-refractivity contribution in [1.82, 2.24) is 0 Å². The Morgan fingerprint density at radius 2 is 1.82 bits per heavy atom. The third kappa shape index (κ3) is 5.64. The van der Waals surface area contributed by atoms with Gasteiger partial charge in [0.2, 0.25) is 0 Å². The molecule has 1 atom stereocenters. The van der Waals surface area contributed by atoms with Gasteiger partial charge in [-0.25, -0.2) is 0 Å². The number of methoxy groups -OCH3 is 1. The van der Waals surface area contributed by atoms with Gasteiger partial charge in [-0.15, -0.1) is 0 Å². The summed E-state index contributed by atoms with van der Waals surface area (Å²) in [6, 6.07) is 8.61. The summed E-state index contributed by atoms with van der Waals surface area (Å²) in [6.07, 6.45) is 12.5. The minimum atomic E-state index is 0.320. The van der Waals surface area contributed by atoms with Gasteiger partial charge in [0.15, 0.2) is 6.79 Å². The van der Waals surface area contributed by atoms with Gasteiger partial charge in [-0.2, -0.15) is 0 Å². The number of hydrogen-bond donors (Lipinski definition) is 0. The summed E-state index contributed by atoms with van der Waals surface area (Å²) in [5.74, 6) is 2.71. The monoisotopic (exact) mass is 304 g/mol. The first kappa shape index (κ1) is 17.3. The maximum atomic E-state index is 5.47. The van der Waals surface area contributed by atoms with Crippen LogP contribution in [0.3, 0.4) is 0 Å². The van der Waals surface area contributed by atoms with E-state index in [0.717, 1.165) is 17.6 Å². The molecule has 0 aliphatic heterocycles. The second-order valence-corrected chi connectivity index (χ2v) is 6.70. The average Bonchev–Trinajstić information content (AvgIpc) is 2.58. The average molecular weight is 304 g/mol. The summed E-state index contributed by atoms with van der Waals surface area (Å²) in [4.78, 5) is 0. The number of ether oxygens (including phenoxy) is 2. The molecule has 1 unspecified atom stereocenters. The van der Waals surface area contributed by atoms with Crippen molar-refractivity contribution < 1.29 is 9.47 Å². The van der Waals surface area contributed by atoms with Crippen LogP contribution in [0.15, 0.2) is 24.3 Å². The molecule has 0 N–H and O–H groups in total. The van der Waals surface area contributed by atoms with Crippen molar-refractivity contribution in [3.8, 4) is 5.75 Å². The molecule has 2 nitrogen and oxygen atoms in total. The van der Waals surface area contributed by atoms with Gasteiger partial charge < -0.3 is 9.47 Å². The van der Waals surface area contributed by atoms with Gasteiger partial charge in [0.05, 0.1) is 0 Å². The molecule has 1 aromatic rings. The topological polar surface area (TPSA) is 18.5 Å². The van der Waals surface area contributed by atoms with Gasteiger partial charge in [-0.3, -0.25) is 0 Å². The molecule has 0 radical (unpaired) electrons. The quantitative estimate of drug-likeness (QED) is 0.553. The van der Waals surface area contributed by atoms with E-state index < -0.39 is 0 Å². The fourth-order valence-corrected chi connectivity index (χ4v) is 3.73. The molecule has 1 saturated carbocycles. The smallest absolute Gasteiger partial charge is 0.188 e. The molecule has 0 spiro atoms. The summed E-state index contributed by atoms with van der Waals surface area (Å²) >= 11 is 0. The molecule has 1 aliphatic carbocycles. The molecule has 0 aromatic heterocycles. The molecular weight excluding hydrogens is 272 g/mol. The maximum absolute atomic E-state index is 5.47. The van der Waals surface area contributed by atoms with Crippen molar-refractivity contribution in [3.63, 3.8) is 0 Å². The Bertz CT molecular complexity index is 393. The Hall–Kier alpha value is -1.02.